The third-order valence-electron chi connectivity index (χ3n) is 6.31. The lowest BCUT2D eigenvalue weighted by Gasteiger charge is -2.39. The number of nitrogens with one attached hydrogen (secondary N) is 1. The monoisotopic (exact) mass is 524 g/mol. The van der Waals surface area contributed by atoms with Gasteiger partial charge in [-0.15, -0.1) is 24.0 Å². The van der Waals surface area contributed by atoms with Crippen molar-refractivity contribution in [3.05, 3.63) is 0 Å². The maximum Gasteiger partial charge on any atom is 0.236 e. The lowest BCUT2D eigenvalue weighted by molar-refractivity contribution is -0.131. The molecule has 3 aliphatic heterocycles. The van der Waals surface area contributed by atoms with Crippen molar-refractivity contribution in [1.29, 1.82) is 0 Å². The largest absolute Gasteiger partial charge is 0.354 e. The number of amides is 1. The molecule has 0 aliphatic carbocycles. The van der Waals surface area contributed by atoms with Crippen LogP contribution in [0.2, 0.25) is 0 Å². The summed E-state index contributed by atoms with van der Waals surface area (Å²) in [5.41, 5.74) is 0.227. The van der Waals surface area contributed by atoms with E-state index in [4.69, 9.17) is 0 Å². The minimum atomic E-state index is 0. The van der Waals surface area contributed by atoms with Gasteiger partial charge in [0.15, 0.2) is 5.96 Å². The van der Waals surface area contributed by atoms with Gasteiger partial charge in [-0.05, 0) is 39.1 Å². The van der Waals surface area contributed by atoms with Crippen LogP contribution in [-0.2, 0) is 4.79 Å². The van der Waals surface area contributed by atoms with Crippen LogP contribution in [0.15, 0.2) is 4.99 Å². The molecule has 3 heterocycles. The van der Waals surface area contributed by atoms with Crippen molar-refractivity contribution in [2.75, 3.05) is 85.0 Å². The third-order valence-corrected chi connectivity index (χ3v) is 7.54. The van der Waals surface area contributed by atoms with Gasteiger partial charge in [0.1, 0.15) is 0 Å². The summed E-state index contributed by atoms with van der Waals surface area (Å²) in [6.07, 6.45) is 3.55. The number of carbonyl (C=O) groups is 1. The van der Waals surface area contributed by atoms with E-state index < -0.39 is 0 Å². The molecule has 0 aromatic heterocycles. The number of thioether (sulfide) groups is 1. The first kappa shape index (κ1) is 24.0. The minimum absolute atomic E-state index is 0. The van der Waals surface area contributed by atoms with Gasteiger partial charge < -0.3 is 20.0 Å². The molecule has 0 aromatic rings. The molecule has 0 saturated carbocycles. The number of guanidine groups is 1. The molecule has 7 nitrogen and oxygen atoms in total. The SMILES string of the molecule is CN=C(NCC1(N(C)C)CCSC1)N1CCN(CC(=O)N2CCCC2)CC1.I. The highest BCUT2D eigenvalue weighted by Crippen LogP contribution is 2.31. The highest BCUT2D eigenvalue weighted by molar-refractivity contribution is 14.0. The van der Waals surface area contributed by atoms with Gasteiger partial charge >= 0.3 is 0 Å². The van der Waals surface area contributed by atoms with Crippen LogP contribution < -0.4 is 5.32 Å². The van der Waals surface area contributed by atoms with Gasteiger partial charge in [-0.1, -0.05) is 0 Å². The number of hydrogen-bond acceptors (Lipinski definition) is 5. The van der Waals surface area contributed by atoms with E-state index >= 15 is 0 Å². The number of carbonyl (C=O) groups excluding carboxylic acids is 1. The Balaban J connectivity index is 0.00000280. The molecular formula is C19H37IN6OS. The molecule has 1 N–H and O–H groups in total. The average molecular weight is 525 g/mol. The molecule has 0 bridgehead atoms. The number of halogens is 1. The first-order chi connectivity index (χ1) is 13.0. The quantitative estimate of drug-likeness (QED) is 0.327. The second-order valence-corrected chi connectivity index (χ2v) is 9.28. The van der Waals surface area contributed by atoms with Crippen LogP contribution in [0.1, 0.15) is 19.3 Å². The normalized spacial score (nSPS) is 26.6. The van der Waals surface area contributed by atoms with E-state index in [0.717, 1.165) is 64.6 Å². The van der Waals surface area contributed by atoms with E-state index in [1.807, 2.05) is 23.7 Å². The van der Waals surface area contributed by atoms with Crippen LogP contribution in [-0.4, -0.2) is 122 Å². The van der Waals surface area contributed by atoms with Gasteiger partial charge in [-0.2, -0.15) is 11.8 Å². The Morgan fingerprint density at radius 2 is 1.79 bits per heavy atom. The van der Waals surface area contributed by atoms with Crippen LogP contribution in [0.3, 0.4) is 0 Å². The summed E-state index contributed by atoms with van der Waals surface area (Å²) in [6, 6.07) is 0. The highest BCUT2D eigenvalue weighted by atomic mass is 127. The van der Waals surface area contributed by atoms with E-state index in [9.17, 15) is 4.79 Å². The fraction of sp³-hybridized carbons (Fsp3) is 0.895. The molecule has 162 valence electrons. The molecule has 0 aromatic carbocycles. The lowest BCUT2D eigenvalue weighted by atomic mass is 9.97. The number of piperazine rings is 1. The molecule has 3 saturated heterocycles. The maximum absolute atomic E-state index is 12.4. The van der Waals surface area contributed by atoms with E-state index in [-0.39, 0.29) is 29.5 Å². The number of rotatable bonds is 5. The number of likely N-dealkylation sites (N-methyl/N-ethyl adjacent to an activating group) is 1. The Morgan fingerprint density at radius 1 is 1.11 bits per heavy atom. The van der Waals surface area contributed by atoms with E-state index in [1.54, 1.807) is 0 Å². The van der Waals surface area contributed by atoms with Gasteiger partial charge in [0.2, 0.25) is 5.91 Å². The Morgan fingerprint density at radius 3 is 2.32 bits per heavy atom. The summed E-state index contributed by atoms with van der Waals surface area (Å²) in [5.74, 6) is 3.72. The van der Waals surface area contributed by atoms with Crippen molar-refractivity contribution < 1.29 is 4.79 Å². The second kappa shape index (κ2) is 11.2. The molecule has 3 rings (SSSR count). The Bertz CT molecular complexity index is 527. The standard InChI is InChI=1S/C19H36N6OS.HI/c1-20-18(21-15-19(22(2)3)6-13-27-16-19)25-11-9-23(10-12-25)14-17(26)24-7-4-5-8-24;/h4-16H2,1-3H3,(H,20,21);1H. The van der Waals surface area contributed by atoms with E-state index in [2.05, 4.69) is 39.1 Å². The fourth-order valence-corrected chi connectivity index (χ4v) is 5.75. The Kier molecular flexibility index (Phi) is 9.62. The summed E-state index contributed by atoms with van der Waals surface area (Å²) in [6.45, 7) is 7.11. The summed E-state index contributed by atoms with van der Waals surface area (Å²) in [4.78, 5) is 25.9. The van der Waals surface area contributed by atoms with Gasteiger partial charge in [0.05, 0.1) is 6.54 Å². The zero-order valence-electron chi connectivity index (χ0n) is 17.7. The minimum Gasteiger partial charge on any atom is -0.354 e. The molecule has 0 spiro atoms. The van der Waals surface area contributed by atoms with Crippen LogP contribution in [0.4, 0.5) is 0 Å². The molecule has 3 aliphatic rings. The summed E-state index contributed by atoms with van der Waals surface area (Å²) in [5, 5.41) is 3.63. The smallest absolute Gasteiger partial charge is 0.236 e. The second-order valence-electron chi connectivity index (χ2n) is 8.17. The third kappa shape index (κ3) is 5.89. The predicted molar refractivity (Wildman–Crippen MR) is 129 cm³/mol. The predicted octanol–water partition coefficient (Wildman–Crippen LogP) is 0.857. The van der Waals surface area contributed by atoms with Crippen molar-refractivity contribution in [2.24, 2.45) is 4.99 Å². The summed E-state index contributed by atoms with van der Waals surface area (Å²) in [7, 11) is 6.25. The zero-order valence-corrected chi connectivity index (χ0v) is 20.8. The molecule has 28 heavy (non-hydrogen) atoms. The summed E-state index contributed by atoms with van der Waals surface area (Å²) < 4.78 is 0. The molecule has 1 unspecified atom stereocenters. The van der Waals surface area contributed by atoms with Gasteiger partial charge in [-0.25, -0.2) is 0 Å². The highest BCUT2D eigenvalue weighted by Gasteiger charge is 2.37. The molecule has 0 radical (unpaired) electrons. The van der Waals surface area contributed by atoms with E-state index in [1.165, 1.54) is 17.9 Å². The number of hydrogen-bond donors (Lipinski definition) is 1. The maximum atomic E-state index is 12.4. The van der Waals surface area contributed by atoms with Crippen LogP contribution >= 0.6 is 35.7 Å². The first-order valence-electron chi connectivity index (χ1n) is 10.2. The van der Waals surface area contributed by atoms with Crippen molar-refractivity contribution >= 4 is 47.6 Å². The fourth-order valence-electron chi connectivity index (χ4n) is 4.20. The van der Waals surface area contributed by atoms with Crippen LogP contribution in [0.5, 0.6) is 0 Å². The van der Waals surface area contributed by atoms with Crippen molar-refractivity contribution in [1.82, 2.24) is 24.9 Å². The van der Waals surface area contributed by atoms with Gasteiger partial charge in [0.25, 0.3) is 0 Å². The lowest BCUT2D eigenvalue weighted by Crippen LogP contribution is -2.58. The molecule has 3 fully saturated rings. The first-order valence-corrected chi connectivity index (χ1v) is 11.4. The summed E-state index contributed by atoms with van der Waals surface area (Å²) >= 11 is 2.04. The zero-order chi connectivity index (χ0) is 19.3. The van der Waals surface area contributed by atoms with Crippen LogP contribution in [0, 0.1) is 0 Å². The number of aliphatic imine (C=N–C) groups is 1. The Labute approximate surface area is 191 Å². The van der Waals surface area contributed by atoms with Crippen molar-refractivity contribution in [3.8, 4) is 0 Å². The molecular weight excluding hydrogens is 487 g/mol. The van der Waals surface area contributed by atoms with Crippen molar-refractivity contribution in [2.45, 2.75) is 24.8 Å². The number of nitrogens with zero attached hydrogens (tertiary/aromatic N) is 5. The van der Waals surface area contributed by atoms with Crippen LogP contribution in [0.25, 0.3) is 0 Å². The van der Waals surface area contributed by atoms with Crippen molar-refractivity contribution in [3.63, 3.8) is 0 Å². The van der Waals surface area contributed by atoms with Gasteiger partial charge in [-0.3, -0.25) is 14.7 Å². The molecule has 1 amide bonds. The molecule has 9 heteroatoms. The number of likely N-dealkylation sites (tertiary alicyclic amines) is 1. The average Bonchev–Trinajstić information content (AvgIpc) is 3.36. The Hall–Kier alpha value is -0.260. The molecule has 1 atom stereocenters. The topological polar surface area (TPSA) is 54.4 Å². The van der Waals surface area contributed by atoms with E-state index in [0.29, 0.717) is 12.5 Å². The van der Waals surface area contributed by atoms with Gasteiger partial charge in [0, 0.05) is 64.2 Å².